The van der Waals surface area contributed by atoms with E-state index in [2.05, 4.69) is 11.8 Å². The van der Waals surface area contributed by atoms with E-state index in [-0.39, 0.29) is 5.92 Å². The minimum atomic E-state index is 0.219. The smallest absolute Gasteiger partial charge is 0.226 e. The lowest BCUT2D eigenvalue weighted by Gasteiger charge is -2.36. The number of hydrogen-bond donors (Lipinski definition) is 1. The van der Waals surface area contributed by atoms with Crippen LogP contribution >= 0.6 is 0 Å². The van der Waals surface area contributed by atoms with Gasteiger partial charge in [0.05, 0.1) is 0 Å². The molecule has 0 heterocycles. The highest BCUT2D eigenvalue weighted by molar-refractivity contribution is 5.79. The van der Waals surface area contributed by atoms with Gasteiger partial charge in [-0.25, -0.2) is 0 Å². The fourth-order valence-electron chi connectivity index (χ4n) is 3.84. The minimum Gasteiger partial charge on any atom is -0.340 e. The quantitative estimate of drug-likeness (QED) is 0.835. The predicted molar refractivity (Wildman–Crippen MR) is 74.1 cm³/mol. The monoisotopic (exact) mass is 252 g/mol. The summed E-state index contributed by atoms with van der Waals surface area (Å²) in [5.41, 5.74) is 5.81. The van der Waals surface area contributed by atoms with Gasteiger partial charge in [0.2, 0.25) is 5.91 Å². The van der Waals surface area contributed by atoms with E-state index < -0.39 is 0 Å². The van der Waals surface area contributed by atoms with Crippen LogP contribution in [0.15, 0.2) is 0 Å². The summed E-state index contributed by atoms with van der Waals surface area (Å²) in [6.07, 6.45) is 9.73. The van der Waals surface area contributed by atoms with Crippen molar-refractivity contribution in [1.29, 1.82) is 0 Å². The molecule has 2 aliphatic rings. The number of nitrogens with two attached hydrogens (primary N) is 1. The standard InChI is InChI=1S/C15H28N2O/c1-2-17(13-8-4-3-5-9-13)15(18)14-10-6-7-12(14)11-16/h12-14H,2-11,16H2,1H3/t12-,14-/m1/s1. The number of amides is 1. The Morgan fingerprint density at radius 2 is 1.83 bits per heavy atom. The molecule has 3 heteroatoms. The van der Waals surface area contributed by atoms with E-state index in [9.17, 15) is 4.79 Å². The fraction of sp³-hybridized carbons (Fsp3) is 0.933. The average Bonchev–Trinajstić information content (AvgIpc) is 2.89. The summed E-state index contributed by atoms with van der Waals surface area (Å²) in [5, 5.41) is 0. The molecule has 2 saturated carbocycles. The van der Waals surface area contributed by atoms with E-state index >= 15 is 0 Å². The van der Waals surface area contributed by atoms with Crippen molar-refractivity contribution >= 4 is 5.91 Å². The molecule has 0 radical (unpaired) electrons. The van der Waals surface area contributed by atoms with Crippen LogP contribution in [-0.4, -0.2) is 29.9 Å². The van der Waals surface area contributed by atoms with E-state index in [0.717, 1.165) is 19.4 Å². The lowest BCUT2D eigenvalue weighted by Crippen LogP contribution is -2.45. The second-order valence-corrected chi connectivity index (χ2v) is 5.95. The highest BCUT2D eigenvalue weighted by Gasteiger charge is 2.36. The highest BCUT2D eigenvalue weighted by Crippen LogP contribution is 2.34. The van der Waals surface area contributed by atoms with Gasteiger partial charge in [0, 0.05) is 18.5 Å². The third kappa shape index (κ3) is 2.87. The van der Waals surface area contributed by atoms with Gasteiger partial charge in [-0.2, -0.15) is 0 Å². The lowest BCUT2D eigenvalue weighted by atomic mass is 9.90. The van der Waals surface area contributed by atoms with Gasteiger partial charge < -0.3 is 10.6 Å². The first kappa shape index (κ1) is 13.9. The molecule has 0 spiro atoms. The lowest BCUT2D eigenvalue weighted by molar-refractivity contribution is -0.139. The van der Waals surface area contributed by atoms with Crippen molar-refractivity contribution in [2.24, 2.45) is 17.6 Å². The first-order valence-electron chi connectivity index (χ1n) is 7.78. The van der Waals surface area contributed by atoms with Gasteiger partial charge in [-0.1, -0.05) is 25.7 Å². The van der Waals surface area contributed by atoms with Gasteiger partial charge in [0.25, 0.3) is 0 Å². The van der Waals surface area contributed by atoms with E-state index in [0.29, 0.717) is 24.4 Å². The van der Waals surface area contributed by atoms with Crippen LogP contribution in [0.5, 0.6) is 0 Å². The van der Waals surface area contributed by atoms with Crippen LogP contribution in [0.1, 0.15) is 58.3 Å². The van der Waals surface area contributed by atoms with Crippen LogP contribution in [0.3, 0.4) is 0 Å². The van der Waals surface area contributed by atoms with Crippen LogP contribution < -0.4 is 5.73 Å². The molecule has 0 aliphatic heterocycles. The largest absolute Gasteiger partial charge is 0.340 e. The molecule has 0 bridgehead atoms. The third-order valence-corrected chi connectivity index (χ3v) is 4.92. The van der Waals surface area contributed by atoms with Crippen LogP contribution in [0.25, 0.3) is 0 Å². The molecular formula is C15H28N2O. The van der Waals surface area contributed by atoms with Crippen molar-refractivity contribution in [1.82, 2.24) is 4.90 Å². The highest BCUT2D eigenvalue weighted by atomic mass is 16.2. The van der Waals surface area contributed by atoms with Crippen molar-refractivity contribution in [3.63, 3.8) is 0 Å². The Kier molecular flexibility index (Phi) is 5.04. The summed E-state index contributed by atoms with van der Waals surface area (Å²) < 4.78 is 0. The zero-order valence-electron chi connectivity index (χ0n) is 11.7. The van der Waals surface area contributed by atoms with Gasteiger partial charge in [-0.05, 0) is 45.1 Å². The van der Waals surface area contributed by atoms with Gasteiger partial charge in [-0.3, -0.25) is 4.79 Å². The maximum absolute atomic E-state index is 12.7. The second kappa shape index (κ2) is 6.55. The van der Waals surface area contributed by atoms with Gasteiger partial charge >= 0.3 is 0 Å². The fourth-order valence-corrected chi connectivity index (χ4v) is 3.84. The number of nitrogens with zero attached hydrogens (tertiary/aromatic N) is 1. The molecule has 2 fully saturated rings. The average molecular weight is 252 g/mol. The molecule has 0 saturated heterocycles. The molecule has 2 rings (SSSR count). The van der Waals surface area contributed by atoms with Crippen LogP contribution in [0, 0.1) is 11.8 Å². The van der Waals surface area contributed by atoms with Gasteiger partial charge in [0.15, 0.2) is 0 Å². The number of hydrogen-bond acceptors (Lipinski definition) is 2. The summed E-state index contributed by atoms with van der Waals surface area (Å²) in [7, 11) is 0. The van der Waals surface area contributed by atoms with E-state index in [1.807, 2.05) is 0 Å². The van der Waals surface area contributed by atoms with Crippen molar-refractivity contribution in [3.8, 4) is 0 Å². The Hall–Kier alpha value is -0.570. The summed E-state index contributed by atoms with van der Waals surface area (Å²) in [6, 6.07) is 0.510. The summed E-state index contributed by atoms with van der Waals surface area (Å²) >= 11 is 0. The molecule has 0 aromatic heterocycles. The molecular weight excluding hydrogens is 224 g/mol. The molecule has 0 aromatic rings. The SMILES string of the molecule is CCN(C(=O)[C@@H]1CCC[C@@H]1CN)C1CCCCC1. The summed E-state index contributed by atoms with van der Waals surface area (Å²) in [6.45, 7) is 3.68. The predicted octanol–water partition coefficient (Wildman–Crippen LogP) is 2.54. The molecule has 3 nitrogen and oxygen atoms in total. The summed E-state index contributed by atoms with van der Waals surface area (Å²) in [5.74, 6) is 1.06. The Labute approximate surface area is 111 Å². The summed E-state index contributed by atoms with van der Waals surface area (Å²) in [4.78, 5) is 14.9. The number of carbonyl (C=O) groups is 1. The topological polar surface area (TPSA) is 46.3 Å². The zero-order chi connectivity index (χ0) is 13.0. The van der Waals surface area contributed by atoms with Crippen LogP contribution in [0.4, 0.5) is 0 Å². The Morgan fingerprint density at radius 3 is 2.44 bits per heavy atom. The normalized spacial score (nSPS) is 29.4. The first-order valence-corrected chi connectivity index (χ1v) is 7.78. The van der Waals surface area contributed by atoms with Crippen molar-refractivity contribution in [2.75, 3.05) is 13.1 Å². The Bertz CT molecular complexity index is 274. The maximum atomic E-state index is 12.7. The Morgan fingerprint density at radius 1 is 1.11 bits per heavy atom. The molecule has 18 heavy (non-hydrogen) atoms. The van der Waals surface area contributed by atoms with Crippen LogP contribution in [-0.2, 0) is 4.79 Å². The maximum Gasteiger partial charge on any atom is 0.226 e. The van der Waals surface area contributed by atoms with E-state index in [1.165, 1.54) is 38.5 Å². The molecule has 0 unspecified atom stereocenters. The zero-order valence-corrected chi connectivity index (χ0v) is 11.7. The first-order chi connectivity index (χ1) is 8.77. The molecule has 2 N–H and O–H groups in total. The number of rotatable bonds is 4. The van der Waals surface area contributed by atoms with E-state index in [1.54, 1.807) is 0 Å². The molecule has 2 aliphatic carbocycles. The Balaban J connectivity index is 1.99. The van der Waals surface area contributed by atoms with Crippen LogP contribution in [0.2, 0.25) is 0 Å². The molecule has 0 aromatic carbocycles. The van der Waals surface area contributed by atoms with Crippen molar-refractivity contribution < 1.29 is 4.79 Å². The van der Waals surface area contributed by atoms with Crippen molar-refractivity contribution in [3.05, 3.63) is 0 Å². The third-order valence-electron chi connectivity index (χ3n) is 4.92. The van der Waals surface area contributed by atoms with Crippen molar-refractivity contribution in [2.45, 2.75) is 64.3 Å². The number of carbonyl (C=O) groups excluding carboxylic acids is 1. The van der Waals surface area contributed by atoms with Gasteiger partial charge in [-0.15, -0.1) is 0 Å². The molecule has 104 valence electrons. The van der Waals surface area contributed by atoms with E-state index in [4.69, 9.17) is 5.73 Å². The molecule has 2 atom stereocenters. The minimum absolute atomic E-state index is 0.219. The van der Waals surface area contributed by atoms with Gasteiger partial charge in [0.1, 0.15) is 0 Å². The molecule has 1 amide bonds. The second-order valence-electron chi connectivity index (χ2n) is 5.95.